The van der Waals surface area contributed by atoms with Gasteiger partial charge in [-0.2, -0.15) is 4.31 Å². The van der Waals surface area contributed by atoms with Gasteiger partial charge in [0.2, 0.25) is 10.0 Å². The zero-order chi connectivity index (χ0) is 35.6. The molecule has 0 unspecified atom stereocenters. The quantitative estimate of drug-likeness (QED) is 0.131. The molecule has 2 fully saturated rings. The third kappa shape index (κ3) is 9.85. The second kappa shape index (κ2) is 17.5. The summed E-state index contributed by atoms with van der Waals surface area (Å²) in [7, 11) is -2.81. The largest absolute Gasteiger partial charge is 0.497 e. The summed E-state index contributed by atoms with van der Waals surface area (Å²) in [6.45, 7) is 12.0. The highest BCUT2D eigenvalue weighted by Gasteiger charge is 2.49. The van der Waals surface area contributed by atoms with Crippen molar-refractivity contribution in [3.63, 3.8) is 0 Å². The fourth-order valence-electron chi connectivity index (χ4n) is 6.70. The van der Waals surface area contributed by atoms with Crippen LogP contribution in [0.1, 0.15) is 51.5 Å². The molecule has 2 saturated heterocycles. The minimum Gasteiger partial charge on any atom is -0.497 e. The number of allylic oxidation sites excluding steroid dienone is 2. The second-order valence-electron chi connectivity index (χ2n) is 13.5. The van der Waals surface area contributed by atoms with E-state index in [1.807, 2.05) is 50.3 Å². The van der Waals surface area contributed by atoms with Gasteiger partial charge < -0.3 is 29.2 Å². The summed E-state index contributed by atoms with van der Waals surface area (Å²) in [6.07, 6.45) is 4.06. The lowest BCUT2D eigenvalue weighted by atomic mass is 9.89. The van der Waals surface area contributed by atoms with Crippen LogP contribution in [0.5, 0.6) is 11.5 Å². The molecule has 49 heavy (non-hydrogen) atoms. The van der Waals surface area contributed by atoms with E-state index in [-0.39, 0.29) is 49.3 Å². The number of nitrogens with zero attached hydrogens (tertiary/aromatic N) is 2. The zero-order valence-corrected chi connectivity index (χ0v) is 29.7. The number of ether oxygens (including phenoxy) is 4. The van der Waals surface area contributed by atoms with Crippen molar-refractivity contribution in [1.29, 1.82) is 0 Å². The first-order valence-electron chi connectivity index (χ1n) is 16.9. The van der Waals surface area contributed by atoms with Crippen LogP contribution in [0, 0.1) is 11.3 Å². The Morgan fingerprint density at radius 3 is 2.55 bits per heavy atom. The van der Waals surface area contributed by atoms with Crippen LogP contribution in [0.2, 0.25) is 0 Å². The molecule has 0 bridgehead atoms. The van der Waals surface area contributed by atoms with Crippen molar-refractivity contribution >= 4 is 16.1 Å². The highest BCUT2D eigenvalue weighted by molar-refractivity contribution is 7.89. The van der Waals surface area contributed by atoms with Crippen LogP contribution in [-0.2, 0) is 25.9 Å². The Bertz CT molecular complexity index is 1500. The number of aliphatic hydroxyl groups excluding tert-OH is 1. The summed E-state index contributed by atoms with van der Waals surface area (Å²) in [5, 5.41) is 22.8. The molecule has 2 heterocycles. The van der Waals surface area contributed by atoms with E-state index in [2.05, 4.69) is 13.2 Å². The topological polar surface area (TPSA) is 135 Å². The number of unbranched alkanes of at least 4 members (excludes halogenated alkanes) is 2. The van der Waals surface area contributed by atoms with Crippen molar-refractivity contribution in [1.82, 2.24) is 9.21 Å². The van der Waals surface area contributed by atoms with Crippen molar-refractivity contribution in [2.45, 2.75) is 81.7 Å². The molecule has 0 radical (unpaired) electrons. The molecule has 2 aromatic rings. The molecular formula is C37H52N2O9S. The van der Waals surface area contributed by atoms with Crippen LogP contribution in [0.25, 0.3) is 0 Å². The van der Waals surface area contributed by atoms with E-state index in [1.54, 1.807) is 18.2 Å². The molecule has 5 atom stereocenters. The average Bonchev–Trinajstić information content (AvgIpc) is 3.69. The van der Waals surface area contributed by atoms with Gasteiger partial charge in [0.05, 0.1) is 45.1 Å². The van der Waals surface area contributed by atoms with Gasteiger partial charge >= 0.3 is 6.09 Å². The van der Waals surface area contributed by atoms with Gasteiger partial charge in [-0.15, -0.1) is 13.2 Å². The summed E-state index contributed by atoms with van der Waals surface area (Å²) in [4.78, 5) is 14.2. The molecule has 0 saturated carbocycles. The Morgan fingerprint density at radius 2 is 1.88 bits per heavy atom. The molecule has 2 aliphatic rings. The lowest BCUT2D eigenvalue weighted by Gasteiger charge is -2.40. The number of amides is 1. The normalized spacial score (nSPS) is 20.4. The maximum atomic E-state index is 14.7. The number of hydrogen-bond acceptors (Lipinski definition) is 8. The molecule has 0 aliphatic carbocycles. The summed E-state index contributed by atoms with van der Waals surface area (Å²) in [5.41, 5.74) is 0.238. The average molecular weight is 701 g/mol. The first-order chi connectivity index (χ1) is 23.4. The van der Waals surface area contributed by atoms with Crippen LogP contribution >= 0.6 is 0 Å². The molecule has 11 nitrogen and oxygen atoms in total. The number of methoxy groups -OCH3 is 1. The Kier molecular flexibility index (Phi) is 13.7. The Morgan fingerprint density at radius 1 is 1.12 bits per heavy atom. The monoisotopic (exact) mass is 700 g/mol. The van der Waals surface area contributed by atoms with Gasteiger partial charge in [0.25, 0.3) is 0 Å². The van der Waals surface area contributed by atoms with E-state index < -0.39 is 46.0 Å². The Hall–Kier alpha value is -3.42. The van der Waals surface area contributed by atoms with Crippen LogP contribution in [0.15, 0.2) is 78.7 Å². The van der Waals surface area contributed by atoms with Crippen molar-refractivity contribution in [3.8, 4) is 11.5 Å². The maximum absolute atomic E-state index is 14.7. The van der Waals surface area contributed by atoms with Crippen molar-refractivity contribution in [2.75, 3.05) is 40.0 Å². The van der Waals surface area contributed by atoms with Crippen molar-refractivity contribution in [3.05, 3.63) is 79.4 Å². The van der Waals surface area contributed by atoms with E-state index in [0.29, 0.717) is 31.6 Å². The number of carbonyl (C=O) groups is 1. The van der Waals surface area contributed by atoms with E-state index in [1.165, 1.54) is 22.4 Å². The standard InChI is InChI=1S/C37H52N2O9S/c1-6-8-9-13-20-46-33-23-28(45-5)16-17-34(33)49(43,44)38(26-37(3,4)19-7-2)24-32(40)30(22-27-14-11-10-12-15-27)39(36(41)42)31-25-48-35-29(31)18-21-47-35/h6-7,10-12,14-17,23,29-32,35,40H,1-2,8-9,13,18-22,24-26H2,3-5H3,(H,41,42)/t29-,30-,31-,32+,35+/m0/s1. The molecule has 2 N–H and O–H groups in total. The minimum atomic E-state index is -4.30. The SMILES string of the molecule is C=CCCCCOc1cc(OC)ccc1S(=O)(=O)N(C[C@@H](O)[C@H](Cc1ccccc1)N(C(=O)O)[C@H]1CO[C@H]2OCC[C@H]21)CC(C)(C)CC=C. The van der Waals surface area contributed by atoms with Gasteiger partial charge in [-0.05, 0) is 61.6 Å². The molecule has 0 aromatic heterocycles. The van der Waals surface area contributed by atoms with Crippen LogP contribution in [-0.4, -0.2) is 98.4 Å². The lowest BCUT2D eigenvalue weighted by Crippen LogP contribution is -2.58. The number of hydrogen-bond donors (Lipinski definition) is 2. The number of benzene rings is 2. The molecular weight excluding hydrogens is 648 g/mol. The molecule has 1 amide bonds. The van der Waals surface area contributed by atoms with Gasteiger partial charge in [0.15, 0.2) is 6.29 Å². The summed E-state index contributed by atoms with van der Waals surface area (Å²) in [5.74, 6) is 0.382. The van der Waals surface area contributed by atoms with Crippen molar-refractivity contribution < 1.29 is 42.4 Å². The first kappa shape index (κ1) is 38.4. The Balaban J connectivity index is 1.73. The highest BCUT2D eigenvalue weighted by atomic mass is 32.2. The molecule has 12 heteroatoms. The third-order valence-electron chi connectivity index (χ3n) is 9.20. The molecule has 4 rings (SSSR count). The predicted molar refractivity (Wildman–Crippen MR) is 187 cm³/mol. The lowest BCUT2D eigenvalue weighted by molar-refractivity contribution is -0.0906. The number of aliphatic hydroxyl groups is 1. The second-order valence-corrected chi connectivity index (χ2v) is 15.4. The Labute approximate surface area is 291 Å². The summed E-state index contributed by atoms with van der Waals surface area (Å²) in [6, 6.07) is 12.3. The predicted octanol–water partition coefficient (Wildman–Crippen LogP) is 5.74. The highest BCUT2D eigenvalue weighted by Crippen LogP contribution is 2.37. The van der Waals surface area contributed by atoms with Gasteiger partial charge in [0, 0.05) is 25.1 Å². The van der Waals surface area contributed by atoms with Gasteiger partial charge in [-0.3, -0.25) is 4.90 Å². The third-order valence-corrected chi connectivity index (χ3v) is 11.0. The number of fused-ring (bicyclic) bond motifs is 1. The van der Waals surface area contributed by atoms with Crippen molar-refractivity contribution in [2.24, 2.45) is 11.3 Å². The van der Waals surface area contributed by atoms with Gasteiger partial charge in [-0.25, -0.2) is 13.2 Å². The molecule has 0 spiro atoms. The fraction of sp³-hybridized carbons (Fsp3) is 0.541. The van der Waals surface area contributed by atoms with E-state index in [0.717, 1.165) is 18.4 Å². The smallest absolute Gasteiger partial charge is 0.407 e. The number of carboxylic acid groups (broad SMARTS) is 1. The number of rotatable bonds is 20. The molecule has 2 aliphatic heterocycles. The molecule has 270 valence electrons. The maximum Gasteiger partial charge on any atom is 0.407 e. The van der Waals surface area contributed by atoms with E-state index >= 15 is 0 Å². The molecule has 2 aromatic carbocycles. The first-order valence-corrected chi connectivity index (χ1v) is 18.3. The fourth-order valence-corrected chi connectivity index (χ4v) is 8.46. The zero-order valence-electron chi connectivity index (χ0n) is 28.9. The summed E-state index contributed by atoms with van der Waals surface area (Å²) >= 11 is 0. The van der Waals surface area contributed by atoms with Gasteiger partial charge in [-0.1, -0.05) is 56.3 Å². The van der Waals surface area contributed by atoms with E-state index in [4.69, 9.17) is 18.9 Å². The number of sulfonamides is 1. The van der Waals surface area contributed by atoms with Crippen LogP contribution in [0.4, 0.5) is 4.79 Å². The minimum absolute atomic E-state index is 0.0272. The summed E-state index contributed by atoms with van der Waals surface area (Å²) < 4.78 is 53.5. The van der Waals surface area contributed by atoms with Crippen LogP contribution < -0.4 is 9.47 Å². The van der Waals surface area contributed by atoms with E-state index in [9.17, 15) is 23.4 Å². The van der Waals surface area contributed by atoms with Gasteiger partial charge in [0.1, 0.15) is 16.4 Å². The van der Waals surface area contributed by atoms with Crippen LogP contribution in [0.3, 0.4) is 0 Å².